The molecule has 1 heteroatoms. The summed E-state index contributed by atoms with van der Waals surface area (Å²) < 4.78 is 0. The molecule has 4 atom stereocenters. The van der Waals surface area contributed by atoms with Crippen LogP contribution in [0.2, 0.25) is 0 Å². The van der Waals surface area contributed by atoms with Gasteiger partial charge in [0.2, 0.25) is 0 Å². The van der Waals surface area contributed by atoms with Gasteiger partial charge in [-0.1, -0.05) is 0 Å². The predicted octanol–water partition coefficient (Wildman–Crippen LogP) is 2.41. The maximum absolute atomic E-state index is 6.85. The molecule has 82 valence electrons. The van der Waals surface area contributed by atoms with Crippen molar-refractivity contribution >= 4 is 0 Å². The van der Waals surface area contributed by atoms with Crippen molar-refractivity contribution in [2.24, 2.45) is 47.2 Å². The van der Waals surface area contributed by atoms with Gasteiger partial charge >= 0.3 is 0 Å². The molecule has 0 aliphatic heterocycles. The molecule has 0 saturated heterocycles. The minimum absolute atomic E-state index is 0.323. The summed E-state index contributed by atoms with van der Waals surface area (Å²) in [6.45, 7) is 0. The van der Waals surface area contributed by atoms with Crippen molar-refractivity contribution in [1.29, 1.82) is 0 Å². The third-order valence-corrected chi connectivity index (χ3v) is 7.15. The van der Waals surface area contributed by atoms with Gasteiger partial charge in [0.1, 0.15) is 0 Å². The Morgan fingerprint density at radius 1 is 0.733 bits per heavy atom. The van der Waals surface area contributed by atoms with Gasteiger partial charge in [-0.2, -0.15) is 0 Å². The Bertz CT molecular complexity index is 312. The number of rotatable bonds is 0. The Morgan fingerprint density at radius 2 is 1.33 bits per heavy atom. The molecule has 15 heavy (non-hydrogen) atoms. The summed E-state index contributed by atoms with van der Waals surface area (Å²) in [4.78, 5) is 0. The van der Waals surface area contributed by atoms with Gasteiger partial charge in [-0.3, -0.25) is 0 Å². The Labute approximate surface area is 91.8 Å². The van der Waals surface area contributed by atoms with E-state index in [2.05, 4.69) is 0 Å². The fourth-order valence-corrected chi connectivity index (χ4v) is 7.03. The van der Waals surface area contributed by atoms with Crippen LogP contribution in [0.3, 0.4) is 0 Å². The Morgan fingerprint density at radius 3 is 2.00 bits per heavy atom. The molecule has 0 radical (unpaired) electrons. The van der Waals surface area contributed by atoms with Crippen molar-refractivity contribution in [3.8, 4) is 0 Å². The summed E-state index contributed by atoms with van der Waals surface area (Å²) >= 11 is 0. The quantitative estimate of drug-likeness (QED) is 0.643. The van der Waals surface area contributed by atoms with Gasteiger partial charge in [0.05, 0.1) is 0 Å². The van der Waals surface area contributed by atoms with E-state index in [1.54, 1.807) is 19.3 Å². The van der Waals surface area contributed by atoms with Crippen LogP contribution in [0.25, 0.3) is 0 Å². The van der Waals surface area contributed by atoms with E-state index in [0.717, 1.165) is 41.4 Å². The lowest BCUT2D eigenvalue weighted by atomic mass is 9.33. The van der Waals surface area contributed by atoms with Crippen LogP contribution in [-0.4, -0.2) is 5.54 Å². The zero-order chi connectivity index (χ0) is 9.78. The Balaban J connectivity index is 1.73. The molecule has 4 unspecified atom stereocenters. The molecule has 7 saturated carbocycles. The molecule has 0 heterocycles. The second-order valence-electron chi connectivity index (χ2n) is 7.43. The van der Waals surface area contributed by atoms with E-state index in [1.165, 1.54) is 19.3 Å². The molecule has 8 bridgehead atoms. The summed E-state index contributed by atoms with van der Waals surface area (Å²) in [6.07, 6.45) is 9.12. The molecular weight excluding hydrogens is 182 g/mol. The lowest BCUT2D eigenvalue weighted by Gasteiger charge is -2.73. The summed E-state index contributed by atoms with van der Waals surface area (Å²) in [5.41, 5.74) is 7.18. The van der Waals surface area contributed by atoms with Crippen LogP contribution in [0, 0.1) is 41.4 Å². The van der Waals surface area contributed by atoms with E-state index in [0.29, 0.717) is 5.54 Å². The second-order valence-corrected chi connectivity index (χ2v) is 7.43. The second kappa shape index (κ2) is 2.16. The van der Waals surface area contributed by atoms with Gasteiger partial charge in [0.25, 0.3) is 0 Å². The van der Waals surface area contributed by atoms with Crippen LogP contribution < -0.4 is 5.73 Å². The largest absolute Gasteiger partial charge is 0.325 e. The van der Waals surface area contributed by atoms with Gasteiger partial charge in [-0.15, -0.1) is 0 Å². The first-order valence-electron chi connectivity index (χ1n) is 7.04. The molecule has 0 amide bonds. The lowest BCUT2D eigenvalue weighted by Crippen LogP contribution is -2.74. The number of hydrogen-bond acceptors (Lipinski definition) is 1. The molecule has 0 aromatic heterocycles. The zero-order valence-electron chi connectivity index (χ0n) is 9.36. The van der Waals surface area contributed by atoms with Crippen LogP contribution in [0.4, 0.5) is 0 Å². The lowest BCUT2D eigenvalue weighted by molar-refractivity contribution is -0.214. The fourth-order valence-electron chi connectivity index (χ4n) is 7.03. The van der Waals surface area contributed by atoms with Crippen molar-refractivity contribution in [2.45, 2.75) is 44.1 Å². The van der Waals surface area contributed by atoms with Crippen molar-refractivity contribution in [3.05, 3.63) is 0 Å². The highest BCUT2D eigenvalue weighted by Gasteiger charge is 2.68. The molecule has 7 aliphatic carbocycles. The van der Waals surface area contributed by atoms with Crippen LogP contribution in [-0.2, 0) is 0 Å². The molecule has 0 spiro atoms. The highest BCUT2D eigenvalue weighted by Crippen LogP contribution is 2.71. The minimum atomic E-state index is 0.323. The summed E-state index contributed by atoms with van der Waals surface area (Å²) in [6, 6.07) is 0. The summed E-state index contributed by atoms with van der Waals surface area (Å²) in [7, 11) is 0. The highest BCUT2D eigenvalue weighted by atomic mass is 14.9. The average Bonchev–Trinajstić information content (AvgIpc) is 2.24. The molecule has 7 rings (SSSR count). The first-order chi connectivity index (χ1) is 7.25. The molecule has 7 aliphatic rings. The molecular formula is C14H21N. The van der Waals surface area contributed by atoms with Gasteiger partial charge in [-0.05, 0) is 80.0 Å². The summed E-state index contributed by atoms with van der Waals surface area (Å²) in [5, 5.41) is 0. The van der Waals surface area contributed by atoms with Crippen molar-refractivity contribution in [3.63, 3.8) is 0 Å². The van der Waals surface area contributed by atoms with Gasteiger partial charge in [-0.25, -0.2) is 0 Å². The maximum atomic E-state index is 6.85. The third-order valence-electron chi connectivity index (χ3n) is 7.15. The van der Waals surface area contributed by atoms with Crippen molar-refractivity contribution in [2.75, 3.05) is 0 Å². The normalized spacial score (nSPS) is 73.0. The Hall–Kier alpha value is -0.0400. The molecule has 0 aromatic rings. The van der Waals surface area contributed by atoms with E-state index in [9.17, 15) is 0 Å². The van der Waals surface area contributed by atoms with Crippen LogP contribution in [0.15, 0.2) is 0 Å². The van der Waals surface area contributed by atoms with E-state index < -0.39 is 0 Å². The van der Waals surface area contributed by atoms with Crippen molar-refractivity contribution in [1.82, 2.24) is 0 Å². The standard InChI is InChI=1S/C14H21N/c15-14-6-8-2-10-9-1-7(4-12(10)14)5-13(14)11(9)3-8/h7-13H,1-6,15H2. The van der Waals surface area contributed by atoms with Gasteiger partial charge in [0, 0.05) is 5.54 Å². The van der Waals surface area contributed by atoms with Crippen molar-refractivity contribution < 1.29 is 0 Å². The van der Waals surface area contributed by atoms with Gasteiger partial charge < -0.3 is 5.73 Å². The topological polar surface area (TPSA) is 26.0 Å². The molecule has 2 N–H and O–H groups in total. The molecule has 1 nitrogen and oxygen atoms in total. The van der Waals surface area contributed by atoms with E-state index in [-0.39, 0.29) is 0 Å². The number of hydrogen-bond donors (Lipinski definition) is 1. The van der Waals surface area contributed by atoms with E-state index in [4.69, 9.17) is 5.73 Å². The first-order valence-corrected chi connectivity index (χ1v) is 7.04. The van der Waals surface area contributed by atoms with Crippen LogP contribution in [0.5, 0.6) is 0 Å². The summed E-state index contributed by atoms with van der Waals surface area (Å²) in [5.74, 6) is 7.29. The Kier molecular flexibility index (Phi) is 1.17. The van der Waals surface area contributed by atoms with Crippen LogP contribution in [0.1, 0.15) is 38.5 Å². The fraction of sp³-hybridized carbons (Fsp3) is 1.00. The highest BCUT2D eigenvalue weighted by molar-refractivity contribution is 5.21. The predicted molar refractivity (Wildman–Crippen MR) is 59.1 cm³/mol. The number of nitrogens with two attached hydrogens (primary N) is 1. The van der Waals surface area contributed by atoms with Crippen LogP contribution >= 0.6 is 0 Å². The monoisotopic (exact) mass is 203 g/mol. The third kappa shape index (κ3) is 0.712. The van der Waals surface area contributed by atoms with Gasteiger partial charge in [0.15, 0.2) is 0 Å². The first kappa shape index (κ1) is 8.11. The SMILES string of the molecule is NC12CC3CC4C5CC(CC41)CC2C5C3. The maximum Gasteiger partial charge on any atom is 0.0219 e. The van der Waals surface area contributed by atoms with E-state index >= 15 is 0 Å². The smallest absolute Gasteiger partial charge is 0.0219 e. The molecule has 0 aromatic carbocycles. The minimum Gasteiger partial charge on any atom is -0.325 e. The zero-order valence-corrected chi connectivity index (χ0v) is 9.36. The van der Waals surface area contributed by atoms with E-state index in [1.807, 2.05) is 0 Å². The molecule has 7 fully saturated rings. The average molecular weight is 203 g/mol.